The molecule has 116 valence electrons. The molecule has 5 nitrogen and oxygen atoms in total. The summed E-state index contributed by atoms with van der Waals surface area (Å²) in [5.74, 6) is -0.799. The Morgan fingerprint density at radius 3 is 2.76 bits per heavy atom. The molecular weight excluding hydrogens is 299 g/mol. The topological polar surface area (TPSA) is 64.4 Å². The number of nitrogens with zero attached hydrogens (tertiary/aromatic N) is 1. The highest BCUT2D eigenvalue weighted by molar-refractivity contribution is 6.31. The number of anilines is 1. The molecule has 1 N–H and O–H groups in total. The Labute approximate surface area is 127 Å². The summed E-state index contributed by atoms with van der Waals surface area (Å²) in [6.45, 7) is 0.871. The van der Waals surface area contributed by atoms with Crippen molar-refractivity contribution in [2.45, 2.75) is 38.2 Å². The summed E-state index contributed by atoms with van der Waals surface area (Å²) < 4.78 is 19.0. The van der Waals surface area contributed by atoms with Gasteiger partial charge in [-0.25, -0.2) is 4.39 Å². The lowest BCUT2D eigenvalue weighted by atomic mass is 9.98. The van der Waals surface area contributed by atoms with E-state index in [9.17, 15) is 14.5 Å². The number of nitro benzene ring substituents is 1. The first kappa shape index (κ1) is 16.0. The van der Waals surface area contributed by atoms with E-state index in [0.29, 0.717) is 13.2 Å². The lowest BCUT2D eigenvalue weighted by molar-refractivity contribution is -0.384. The van der Waals surface area contributed by atoms with E-state index < -0.39 is 10.7 Å². The summed E-state index contributed by atoms with van der Waals surface area (Å²) in [6, 6.07) is 2.06. The van der Waals surface area contributed by atoms with Crippen LogP contribution in [0, 0.1) is 15.9 Å². The minimum Gasteiger partial charge on any atom is -0.377 e. The highest BCUT2D eigenvalue weighted by atomic mass is 35.5. The fraction of sp³-hybridized carbons (Fsp3) is 0.571. The van der Waals surface area contributed by atoms with Crippen molar-refractivity contribution in [3.8, 4) is 0 Å². The van der Waals surface area contributed by atoms with Gasteiger partial charge in [-0.3, -0.25) is 10.1 Å². The van der Waals surface area contributed by atoms with E-state index in [1.54, 1.807) is 0 Å². The molecule has 1 saturated carbocycles. The highest BCUT2D eigenvalue weighted by Crippen LogP contribution is 2.30. The van der Waals surface area contributed by atoms with E-state index in [1.165, 1.54) is 25.3 Å². The van der Waals surface area contributed by atoms with E-state index in [2.05, 4.69) is 5.32 Å². The molecule has 0 saturated heterocycles. The van der Waals surface area contributed by atoms with Crippen LogP contribution in [0.25, 0.3) is 0 Å². The molecule has 2 rings (SSSR count). The molecule has 0 bridgehead atoms. The molecule has 1 aromatic rings. The predicted octanol–water partition coefficient (Wildman–Crippen LogP) is 4.15. The van der Waals surface area contributed by atoms with Gasteiger partial charge in [-0.2, -0.15) is 0 Å². The second-order valence-corrected chi connectivity index (χ2v) is 5.51. The Hall–Kier alpha value is -1.40. The van der Waals surface area contributed by atoms with Crippen LogP contribution in [-0.4, -0.2) is 24.2 Å². The average Bonchev–Trinajstić information content (AvgIpc) is 2.47. The van der Waals surface area contributed by atoms with Crippen LogP contribution >= 0.6 is 11.6 Å². The number of benzene rings is 1. The summed E-state index contributed by atoms with van der Waals surface area (Å²) in [5, 5.41) is 13.6. The maximum atomic E-state index is 13.3. The van der Waals surface area contributed by atoms with Gasteiger partial charge in [-0.1, -0.05) is 30.9 Å². The van der Waals surface area contributed by atoms with E-state index in [-0.39, 0.29) is 22.5 Å². The number of ether oxygens (including phenoxy) is 1. The molecule has 0 amide bonds. The predicted molar refractivity (Wildman–Crippen MR) is 79.4 cm³/mol. The van der Waals surface area contributed by atoms with Crippen LogP contribution in [0.2, 0.25) is 5.02 Å². The van der Waals surface area contributed by atoms with Crippen LogP contribution in [0.3, 0.4) is 0 Å². The van der Waals surface area contributed by atoms with Crippen molar-refractivity contribution in [1.82, 2.24) is 0 Å². The molecule has 0 radical (unpaired) electrons. The Bertz CT molecular complexity index is 507. The lowest BCUT2D eigenvalue weighted by Crippen LogP contribution is -2.20. The minimum absolute atomic E-state index is 0.142. The smallest absolute Gasteiger partial charge is 0.295 e. The molecule has 0 atom stereocenters. The summed E-state index contributed by atoms with van der Waals surface area (Å²) >= 11 is 5.66. The molecule has 1 aliphatic rings. The van der Waals surface area contributed by atoms with Crippen LogP contribution in [0.4, 0.5) is 15.8 Å². The van der Waals surface area contributed by atoms with Gasteiger partial charge in [0.05, 0.1) is 28.7 Å². The molecule has 0 unspecified atom stereocenters. The van der Waals surface area contributed by atoms with Crippen LogP contribution in [0.1, 0.15) is 32.1 Å². The standard InChI is InChI=1S/C14H18ClFN2O3/c15-11-8-13(14(18(19)20)9-12(11)16)17-6-7-21-10-4-2-1-3-5-10/h8-10,17H,1-7H2. The quantitative estimate of drug-likeness (QED) is 0.486. The summed E-state index contributed by atoms with van der Waals surface area (Å²) in [6.07, 6.45) is 6.07. The third kappa shape index (κ3) is 4.54. The van der Waals surface area contributed by atoms with Crippen molar-refractivity contribution >= 4 is 23.0 Å². The molecule has 1 aliphatic carbocycles. The van der Waals surface area contributed by atoms with Gasteiger partial charge in [0.15, 0.2) is 0 Å². The molecule has 0 heterocycles. The fourth-order valence-electron chi connectivity index (χ4n) is 2.47. The fourth-order valence-corrected chi connectivity index (χ4v) is 2.64. The number of halogens is 2. The molecule has 7 heteroatoms. The van der Waals surface area contributed by atoms with Crippen LogP contribution in [0.5, 0.6) is 0 Å². The minimum atomic E-state index is -0.799. The molecule has 0 aliphatic heterocycles. The Kier molecular flexibility index (Phi) is 5.76. The van der Waals surface area contributed by atoms with Crippen molar-refractivity contribution in [2.24, 2.45) is 0 Å². The molecular formula is C14H18ClFN2O3. The second kappa shape index (κ2) is 7.56. The number of hydrogen-bond acceptors (Lipinski definition) is 4. The Balaban J connectivity index is 1.87. The van der Waals surface area contributed by atoms with Gasteiger partial charge in [0.25, 0.3) is 5.69 Å². The summed E-state index contributed by atoms with van der Waals surface area (Å²) in [7, 11) is 0. The van der Waals surface area contributed by atoms with Gasteiger partial charge in [-0.05, 0) is 18.9 Å². The Morgan fingerprint density at radius 2 is 2.10 bits per heavy atom. The molecule has 0 spiro atoms. The van der Waals surface area contributed by atoms with E-state index in [4.69, 9.17) is 16.3 Å². The SMILES string of the molecule is O=[N+]([O-])c1cc(F)c(Cl)cc1NCCOC1CCCCC1. The van der Waals surface area contributed by atoms with Crippen molar-refractivity contribution in [3.63, 3.8) is 0 Å². The third-order valence-electron chi connectivity index (χ3n) is 3.56. The van der Waals surface area contributed by atoms with Gasteiger partial charge >= 0.3 is 0 Å². The zero-order valence-corrected chi connectivity index (χ0v) is 12.4. The first-order chi connectivity index (χ1) is 10.1. The maximum Gasteiger partial charge on any atom is 0.295 e. The maximum absolute atomic E-state index is 13.3. The molecule has 21 heavy (non-hydrogen) atoms. The van der Waals surface area contributed by atoms with Crippen molar-refractivity contribution in [3.05, 3.63) is 33.1 Å². The zero-order chi connectivity index (χ0) is 15.2. The number of nitrogens with one attached hydrogen (secondary N) is 1. The lowest BCUT2D eigenvalue weighted by Gasteiger charge is -2.22. The van der Waals surface area contributed by atoms with Crippen LogP contribution < -0.4 is 5.32 Å². The van der Waals surface area contributed by atoms with E-state index in [0.717, 1.165) is 18.9 Å². The monoisotopic (exact) mass is 316 g/mol. The summed E-state index contributed by atoms with van der Waals surface area (Å²) in [4.78, 5) is 10.3. The summed E-state index contributed by atoms with van der Waals surface area (Å²) in [5.41, 5.74) is -0.117. The van der Waals surface area contributed by atoms with E-state index >= 15 is 0 Å². The van der Waals surface area contributed by atoms with Crippen molar-refractivity contribution < 1.29 is 14.1 Å². The largest absolute Gasteiger partial charge is 0.377 e. The third-order valence-corrected chi connectivity index (χ3v) is 3.85. The van der Waals surface area contributed by atoms with Gasteiger partial charge < -0.3 is 10.1 Å². The number of nitro groups is 1. The highest BCUT2D eigenvalue weighted by Gasteiger charge is 2.18. The van der Waals surface area contributed by atoms with Crippen molar-refractivity contribution in [2.75, 3.05) is 18.5 Å². The second-order valence-electron chi connectivity index (χ2n) is 5.10. The van der Waals surface area contributed by atoms with Crippen LogP contribution in [0.15, 0.2) is 12.1 Å². The molecule has 1 fully saturated rings. The normalized spacial score (nSPS) is 15.9. The van der Waals surface area contributed by atoms with Crippen LogP contribution in [-0.2, 0) is 4.74 Å². The average molecular weight is 317 g/mol. The van der Waals surface area contributed by atoms with Gasteiger partial charge in [-0.15, -0.1) is 0 Å². The number of hydrogen-bond donors (Lipinski definition) is 1. The zero-order valence-electron chi connectivity index (χ0n) is 11.6. The van der Waals surface area contributed by atoms with Gasteiger partial charge in [0.2, 0.25) is 0 Å². The number of rotatable bonds is 6. The first-order valence-corrected chi connectivity index (χ1v) is 7.44. The molecule has 0 aromatic heterocycles. The van der Waals surface area contributed by atoms with E-state index in [1.807, 2.05) is 0 Å². The first-order valence-electron chi connectivity index (χ1n) is 7.07. The van der Waals surface area contributed by atoms with Gasteiger partial charge in [0.1, 0.15) is 11.5 Å². The van der Waals surface area contributed by atoms with Gasteiger partial charge in [0, 0.05) is 6.54 Å². The van der Waals surface area contributed by atoms with Crippen molar-refractivity contribution in [1.29, 1.82) is 0 Å². The molecule has 1 aromatic carbocycles. The Morgan fingerprint density at radius 1 is 1.38 bits per heavy atom.